The average molecular weight is 431 g/mol. The van der Waals surface area contributed by atoms with Crippen LogP contribution in [0.3, 0.4) is 0 Å². The summed E-state index contributed by atoms with van der Waals surface area (Å²) < 4.78 is 11.6. The van der Waals surface area contributed by atoms with Crippen molar-refractivity contribution in [2.75, 3.05) is 6.79 Å². The number of amides is 1. The number of rotatable bonds is 2. The van der Waals surface area contributed by atoms with Gasteiger partial charge in [0, 0.05) is 0 Å². The molecule has 2 aromatic carbocycles. The van der Waals surface area contributed by atoms with Gasteiger partial charge in [0.25, 0.3) is 5.91 Å². The van der Waals surface area contributed by atoms with Gasteiger partial charge in [-0.3, -0.25) is 4.79 Å². The number of ether oxygens (including phenoxy) is 2. The summed E-state index contributed by atoms with van der Waals surface area (Å²) in [5.74, 6) is 1.20. The van der Waals surface area contributed by atoms with Crippen LogP contribution in [-0.2, 0) is 4.79 Å². The fourth-order valence-corrected chi connectivity index (χ4v) is 4.19. The zero-order valence-electron chi connectivity index (χ0n) is 14.1. The predicted octanol–water partition coefficient (Wildman–Crippen LogP) is 4.69. The highest BCUT2D eigenvalue weighted by Crippen LogP contribution is 2.41. The molecule has 4 rings (SSSR count). The number of carbonyl (C=O) groups excluding carboxylic acids is 1. The summed E-state index contributed by atoms with van der Waals surface area (Å²) >= 11 is 4.80. The van der Waals surface area contributed by atoms with Crippen molar-refractivity contribution in [1.29, 1.82) is 0 Å². The van der Waals surface area contributed by atoms with E-state index in [1.165, 1.54) is 11.8 Å². The van der Waals surface area contributed by atoms with Crippen LogP contribution in [0.4, 0.5) is 5.69 Å². The minimum atomic E-state index is -0.159. The minimum absolute atomic E-state index is 0.159. The lowest BCUT2D eigenvalue weighted by molar-refractivity contribution is -0.115. The largest absolute Gasteiger partial charge is 0.454 e. The topological polar surface area (TPSA) is 59.9 Å². The Morgan fingerprint density at radius 2 is 2.00 bits per heavy atom. The van der Waals surface area contributed by atoms with Crippen molar-refractivity contribution in [3.63, 3.8) is 0 Å². The molecule has 2 aromatic rings. The normalized spacial score (nSPS) is 18.7. The van der Waals surface area contributed by atoms with E-state index >= 15 is 0 Å². The monoisotopic (exact) mass is 430 g/mol. The molecule has 0 atom stereocenters. The summed E-state index contributed by atoms with van der Waals surface area (Å²) in [6.45, 7) is 4.22. The van der Waals surface area contributed by atoms with Gasteiger partial charge in [-0.05, 0) is 76.4 Å². The van der Waals surface area contributed by atoms with Crippen molar-refractivity contribution in [1.82, 2.24) is 5.32 Å². The van der Waals surface area contributed by atoms with Crippen LogP contribution < -0.4 is 14.8 Å². The van der Waals surface area contributed by atoms with E-state index in [-0.39, 0.29) is 12.7 Å². The maximum absolute atomic E-state index is 12.3. The van der Waals surface area contributed by atoms with Crippen LogP contribution in [-0.4, -0.2) is 17.9 Å². The highest BCUT2D eigenvalue weighted by Gasteiger charge is 2.25. The van der Waals surface area contributed by atoms with Crippen molar-refractivity contribution < 1.29 is 14.3 Å². The minimum Gasteiger partial charge on any atom is -0.454 e. The van der Waals surface area contributed by atoms with Crippen LogP contribution in [0.25, 0.3) is 6.08 Å². The summed E-state index contributed by atoms with van der Waals surface area (Å²) in [6.07, 6.45) is 1.82. The molecular formula is C19H15BrN2O3S. The Kier molecular flexibility index (Phi) is 4.50. The van der Waals surface area contributed by atoms with Gasteiger partial charge in [-0.2, -0.15) is 0 Å². The van der Waals surface area contributed by atoms with Crippen molar-refractivity contribution in [2.24, 2.45) is 4.99 Å². The molecule has 132 valence electrons. The second-order valence-electron chi connectivity index (χ2n) is 5.96. The fraction of sp³-hybridized carbons (Fsp3) is 0.158. The number of benzene rings is 2. The Morgan fingerprint density at radius 1 is 1.23 bits per heavy atom. The quantitative estimate of drug-likeness (QED) is 0.702. The standard InChI is InChI=1S/C19H15BrN2O3S/c1-10-4-3-5-11(2)16(10)21-19-22-18(23)15(26-19)8-12-6-13(20)17-14(7-12)24-9-25-17/h3-8H,9H2,1-2H3,(H,21,22,23)/b15-8-. The van der Waals surface area contributed by atoms with E-state index in [1.807, 2.05) is 50.3 Å². The molecule has 5 nitrogen and oxygen atoms in total. The number of para-hydroxylation sites is 1. The number of hydrogen-bond acceptors (Lipinski definition) is 5. The average Bonchev–Trinajstić information content (AvgIpc) is 3.19. The van der Waals surface area contributed by atoms with Crippen LogP contribution in [0.15, 0.2) is 44.7 Å². The maximum Gasteiger partial charge on any atom is 0.264 e. The third-order valence-electron chi connectivity index (χ3n) is 4.05. The van der Waals surface area contributed by atoms with E-state index in [2.05, 4.69) is 26.2 Å². The van der Waals surface area contributed by atoms with E-state index in [4.69, 9.17) is 9.47 Å². The second-order valence-corrected chi connectivity index (χ2v) is 7.84. The molecule has 0 spiro atoms. The van der Waals surface area contributed by atoms with E-state index in [1.54, 1.807) is 0 Å². The van der Waals surface area contributed by atoms with E-state index < -0.39 is 0 Å². The highest BCUT2D eigenvalue weighted by molar-refractivity contribution is 9.10. The Hall–Kier alpha value is -2.25. The number of aliphatic imine (C=N–C) groups is 1. The smallest absolute Gasteiger partial charge is 0.264 e. The molecule has 1 amide bonds. The van der Waals surface area contributed by atoms with Gasteiger partial charge in [-0.25, -0.2) is 4.99 Å². The van der Waals surface area contributed by atoms with E-state index in [9.17, 15) is 4.79 Å². The lowest BCUT2D eigenvalue weighted by Gasteiger charge is -2.04. The first kappa shape index (κ1) is 17.2. The van der Waals surface area contributed by atoms with Gasteiger partial charge in [-0.15, -0.1) is 0 Å². The zero-order chi connectivity index (χ0) is 18.3. The number of halogens is 1. The number of carbonyl (C=O) groups is 1. The molecule has 0 aliphatic carbocycles. The molecule has 2 heterocycles. The van der Waals surface area contributed by atoms with Gasteiger partial charge in [-0.1, -0.05) is 18.2 Å². The molecule has 1 N–H and O–H groups in total. The molecular weight excluding hydrogens is 416 g/mol. The van der Waals surface area contributed by atoms with Crippen molar-refractivity contribution >= 4 is 50.5 Å². The highest BCUT2D eigenvalue weighted by atomic mass is 79.9. The van der Waals surface area contributed by atoms with Crippen LogP contribution in [0, 0.1) is 13.8 Å². The Balaban J connectivity index is 1.64. The first-order valence-corrected chi connectivity index (χ1v) is 9.57. The molecule has 0 saturated carbocycles. The second kappa shape index (κ2) is 6.81. The summed E-state index contributed by atoms with van der Waals surface area (Å²) in [7, 11) is 0. The number of amidine groups is 1. The summed E-state index contributed by atoms with van der Waals surface area (Å²) in [5.41, 5.74) is 3.89. The Bertz CT molecular complexity index is 965. The first-order chi connectivity index (χ1) is 12.5. The van der Waals surface area contributed by atoms with Gasteiger partial charge in [0.05, 0.1) is 15.1 Å². The Morgan fingerprint density at radius 3 is 2.77 bits per heavy atom. The molecule has 1 saturated heterocycles. The molecule has 7 heteroatoms. The van der Waals surface area contributed by atoms with E-state index in [0.29, 0.717) is 21.6 Å². The van der Waals surface area contributed by atoms with Crippen LogP contribution in [0.2, 0.25) is 0 Å². The predicted molar refractivity (Wildman–Crippen MR) is 107 cm³/mol. The zero-order valence-corrected chi connectivity index (χ0v) is 16.5. The number of nitrogens with zero attached hydrogens (tertiary/aromatic N) is 1. The molecule has 0 radical (unpaired) electrons. The fourth-order valence-electron chi connectivity index (χ4n) is 2.79. The summed E-state index contributed by atoms with van der Waals surface area (Å²) in [4.78, 5) is 17.5. The molecule has 2 aliphatic heterocycles. The van der Waals surface area contributed by atoms with Gasteiger partial charge in [0.15, 0.2) is 16.7 Å². The lowest BCUT2D eigenvalue weighted by atomic mass is 10.1. The van der Waals surface area contributed by atoms with Gasteiger partial charge in [0.1, 0.15) is 0 Å². The number of thioether (sulfide) groups is 1. The third kappa shape index (κ3) is 3.24. The molecule has 0 unspecified atom stereocenters. The molecule has 26 heavy (non-hydrogen) atoms. The van der Waals surface area contributed by atoms with Crippen molar-refractivity contribution in [3.05, 3.63) is 56.4 Å². The molecule has 0 aromatic heterocycles. The Labute approximate surface area is 163 Å². The van der Waals surface area contributed by atoms with E-state index in [0.717, 1.165) is 26.9 Å². The summed E-state index contributed by atoms with van der Waals surface area (Å²) in [5, 5.41) is 3.41. The van der Waals surface area contributed by atoms with Gasteiger partial charge in [0.2, 0.25) is 6.79 Å². The van der Waals surface area contributed by atoms with Gasteiger partial charge < -0.3 is 14.8 Å². The number of fused-ring (bicyclic) bond motifs is 1. The van der Waals surface area contributed by atoms with Crippen LogP contribution in [0.5, 0.6) is 11.5 Å². The first-order valence-electron chi connectivity index (χ1n) is 7.96. The van der Waals surface area contributed by atoms with Crippen LogP contribution in [0.1, 0.15) is 16.7 Å². The lowest BCUT2D eigenvalue weighted by Crippen LogP contribution is -2.19. The molecule has 0 bridgehead atoms. The van der Waals surface area contributed by atoms with Gasteiger partial charge >= 0.3 is 0 Å². The number of nitrogens with one attached hydrogen (secondary N) is 1. The van der Waals surface area contributed by atoms with Crippen molar-refractivity contribution in [2.45, 2.75) is 13.8 Å². The summed E-state index contributed by atoms with van der Waals surface area (Å²) in [6, 6.07) is 9.77. The molecule has 1 fully saturated rings. The third-order valence-corrected chi connectivity index (χ3v) is 5.55. The van der Waals surface area contributed by atoms with Crippen molar-refractivity contribution in [3.8, 4) is 11.5 Å². The van der Waals surface area contributed by atoms with Crippen LogP contribution >= 0.6 is 27.7 Å². The number of hydrogen-bond donors (Lipinski definition) is 1. The molecule has 2 aliphatic rings. The number of aryl methyl sites for hydroxylation is 2. The SMILES string of the molecule is Cc1cccc(C)c1N=C1NC(=O)/C(=C/c2cc(Br)c3c(c2)OCO3)S1. The maximum atomic E-state index is 12.3.